The third-order valence-corrected chi connectivity index (χ3v) is 5.56. The number of benzene rings is 2. The van der Waals surface area contributed by atoms with Crippen LogP contribution in [0.2, 0.25) is 0 Å². The Morgan fingerprint density at radius 2 is 1.30 bits per heavy atom. The van der Waals surface area contributed by atoms with Gasteiger partial charge in [0.2, 0.25) is 0 Å². The Kier molecular flexibility index (Phi) is 4.22. The van der Waals surface area contributed by atoms with Gasteiger partial charge in [-0.15, -0.1) is 0 Å². The van der Waals surface area contributed by atoms with Crippen molar-refractivity contribution in [2.75, 3.05) is 11.6 Å². The van der Waals surface area contributed by atoms with Crippen molar-refractivity contribution < 1.29 is 0 Å². The average molecular weight is 357 g/mol. The van der Waals surface area contributed by atoms with Gasteiger partial charge in [0.15, 0.2) is 0 Å². The monoisotopic (exact) mass is 356 g/mol. The molecule has 2 aromatic rings. The Hall–Kier alpha value is -2.74. The van der Waals surface area contributed by atoms with E-state index in [2.05, 4.69) is 100 Å². The van der Waals surface area contributed by atoms with Crippen LogP contribution in [0.15, 0.2) is 54.4 Å². The summed E-state index contributed by atoms with van der Waals surface area (Å²) in [5.74, 6) is 0. The van der Waals surface area contributed by atoms with Crippen molar-refractivity contribution in [1.82, 2.24) is 4.90 Å². The van der Waals surface area contributed by atoms with Gasteiger partial charge in [-0.2, -0.15) is 0 Å². The van der Waals surface area contributed by atoms with E-state index in [0.717, 1.165) is 6.67 Å². The third-order valence-electron chi connectivity index (χ3n) is 5.56. The number of rotatable bonds is 2. The van der Waals surface area contributed by atoms with Gasteiger partial charge in [0, 0.05) is 17.5 Å². The van der Waals surface area contributed by atoms with E-state index in [-0.39, 0.29) is 0 Å². The Balaban J connectivity index is 1.75. The zero-order valence-electron chi connectivity index (χ0n) is 17.2. The van der Waals surface area contributed by atoms with Crippen LogP contribution in [0.25, 0.3) is 5.70 Å². The van der Waals surface area contributed by atoms with E-state index in [0.29, 0.717) is 0 Å². The molecule has 2 aliphatic rings. The molecule has 138 valence electrons. The number of anilines is 1. The Bertz CT molecular complexity index is 975. The molecule has 2 aliphatic heterocycles. The first-order valence-corrected chi connectivity index (χ1v) is 9.65. The molecule has 2 heteroatoms. The molecule has 2 nitrogen and oxygen atoms in total. The van der Waals surface area contributed by atoms with E-state index in [4.69, 9.17) is 0 Å². The number of fused-ring (bicyclic) bond motifs is 1. The van der Waals surface area contributed by atoms with Crippen LogP contribution >= 0.6 is 0 Å². The van der Waals surface area contributed by atoms with Gasteiger partial charge in [0.25, 0.3) is 0 Å². The highest BCUT2D eigenvalue weighted by molar-refractivity contribution is 5.76. The number of nitrogens with zero attached hydrogens (tertiary/aromatic N) is 2. The normalized spacial score (nSPS) is 15.8. The molecule has 0 spiro atoms. The molecule has 2 aromatic carbocycles. The summed E-state index contributed by atoms with van der Waals surface area (Å²) in [6.45, 7) is 14.1. The smallest absolute Gasteiger partial charge is 0.0995 e. The third kappa shape index (κ3) is 2.99. The molecular weight excluding hydrogens is 328 g/mol. The van der Waals surface area contributed by atoms with Gasteiger partial charge in [-0.25, -0.2) is 0 Å². The Morgan fingerprint density at radius 1 is 0.741 bits per heavy atom. The molecule has 0 amide bonds. The average Bonchev–Trinajstić information content (AvgIpc) is 2.97. The first-order valence-electron chi connectivity index (χ1n) is 9.65. The van der Waals surface area contributed by atoms with Gasteiger partial charge in [-0.05, 0) is 75.9 Å². The Morgan fingerprint density at radius 3 is 1.89 bits per heavy atom. The Labute approximate surface area is 163 Å². The second kappa shape index (κ2) is 6.45. The van der Waals surface area contributed by atoms with Crippen LogP contribution in [-0.4, -0.2) is 11.6 Å². The molecule has 0 fully saturated rings. The van der Waals surface area contributed by atoms with E-state index in [1.165, 1.54) is 56.0 Å². The molecule has 27 heavy (non-hydrogen) atoms. The fourth-order valence-corrected chi connectivity index (χ4v) is 4.74. The zero-order valence-corrected chi connectivity index (χ0v) is 17.2. The highest BCUT2D eigenvalue weighted by Crippen LogP contribution is 2.38. The van der Waals surface area contributed by atoms with Crippen molar-refractivity contribution in [3.63, 3.8) is 0 Å². The molecule has 0 unspecified atom stereocenters. The van der Waals surface area contributed by atoms with Crippen LogP contribution in [0.1, 0.15) is 38.9 Å². The van der Waals surface area contributed by atoms with Crippen LogP contribution in [0.3, 0.4) is 0 Å². The summed E-state index contributed by atoms with van der Waals surface area (Å²) < 4.78 is 0. The summed E-state index contributed by atoms with van der Waals surface area (Å²) in [6.07, 6.45) is 8.92. The summed E-state index contributed by atoms with van der Waals surface area (Å²) in [4.78, 5) is 4.82. The van der Waals surface area contributed by atoms with Crippen molar-refractivity contribution in [3.05, 3.63) is 93.3 Å². The van der Waals surface area contributed by atoms with Crippen molar-refractivity contribution in [3.8, 4) is 0 Å². The molecule has 0 atom stereocenters. The number of hydrogen-bond donors (Lipinski definition) is 0. The summed E-state index contributed by atoms with van der Waals surface area (Å²) in [7, 11) is 0. The predicted molar refractivity (Wildman–Crippen MR) is 116 cm³/mol. The minimum Gasteiger partial charge on any atom is -0.327 e. The first-order chi connectivity index (χ1) is 12.8. The quantitative estimate of drug-likeness (QED) is 0.644. The van der Waals surface area contributed by atoms with E-state index in [1.54, 1.807) is 0 Å². The van der Waals surface area contributed by atoms with Crippen LogP contribution in [0.5, 0.6) is 0 Å². The van der Waals surface area contributed by atoms with Gasteiger partial charge in [-0.1, -0.05) is 41.5 Å². The molecule has 4 rings (SSSR count). The molecule has 0 radical (unpaired) electrons. The van der Waals surface area contributed by atoms with Crippen molar-refractivity contribution >= 4 is 11.4 Å². The van der Waals surface area contributed by atoms with Crippen molar-refractivity contribution in [2.45, 2.75) is 41.5 Å². The molecule has 0 aliphatic carbocycles. The maximum atomic E-state index is 2.43. The number of aryl methyl sites for hydroxylation is 6. The fraction of sp³-hybridized carbons (Fsp3) is 0.280. The molecule has 0 saturated carbocycles. The summed E-state index contributed by atoms with van der Waals surface area (Å²) >= 11 is 0. The highest BCUT2D eigenvalue weighted by Gasteiger charge is 2.28. The number of hydrogen-bond acceptors (Lipinski definition) is 2. The lowest BCUT2D eigenvalue weighted by atomic mass is 9.95. The zero-order chi connectivity index (χ0) is 19.3. The summed E-state index contributed by atoms with van der Waals surface area (Å²) in [6, 6.07) is 9.12. The van der Waals surface area contributed by atoms with Crippen molar-refractivity contribution in [1.29, 1.82) is 0 Å². The maximum Gasteiger partial charge on any atom is 0.0995 e. The molecular formula is C25H28N2. The summed E-state index contributed by atoms with van der Waals surface area (Å²) in [5.41, 5.74) is 13.2. The highest BCUT2D eigenvalue weighted by atomic mass is 15.4. The lowest BCUT2D eigenvalue weighted by molar-refractivity contribution is 0.543. The van der Waals surface area contributed by atoms with Crippen LogP contribution < -0.4 is 4.90 Å². The first kappa shape index (κ1) is 17.7. The predicted octanol–water partition coefficient (Wildman–Crippen LogP) is 6.07. The summed E-state index contributed by atoms with van der Waals surface area (Å²) in [5, 5.41) is 0. The SMILES string of the molecule is Cc1cc(C)c(C2=CC=CC3=CN(c4c(C)cc(C)cc4C)CN32)c(C)c1. The molecule has 0 N–H and O–H groups in total. The molecule has 0 saturated heterocycles. The van der Waals surface area contributed by atoms with Gasteiger partial charge in [0.05, 0.1) is 18.1 Å². The van der Waals surface area contributed by atoms with E-state index in [1.807, 2.05) is 0 Å². The minimum atomic E-state index is 0.850. The van der Waals surface area contributed by atoms with Gasteiger partial charge in [0.1, 0.15) is 0 Å². The van der Waals surface area contributed by atoms with E-state index < -0.39 is 0 Å². The maximum absolute atomic E-state index is 2.43. The second-order valence-electron chi connectivity index (χ2n) is 8.03. The lowest BCUT2D eigenvalue weighted by Gasteiger charge is -2.30. The van der Waals surface area contributed by atoms with E-state index >= 15 is 0 Å². The minimum absolute atomic E-state index is 0.850. The van der Waals surface area contributed by atoms with Gasteiger partial charge < -0.3 is 9.80 Å². The van der Waals surface area contributed by atoms with Gasteiger partial charge in [-0.3, -0.25) is 0 Å². The van der Waals surface area contributed by atoms with Crippen LogP contribution in [0, 0.1) is 41.5 Å². The number of allylic oxidation sites excluding steroid dienone is 3. The van der Waals surface area contributed by atoms with Crippen LogP contribution in [-0.2, 0) is 0 Å². The topological polar surface area (TPSA) is 6.48 Å². The van der Waals surface area contributed by atoms with E-state index in [9.17, 15) is 0 Å². The largest absolute Gasteiger partial charge is 0.327 e. The standard InChI is InChI=1S/C25H28N2/c1-16-10-18(3)24(19(4)11-16)23-9-7-8-22-14-26(15-27(22)23)25-20(5)12-17(2)13-21(25)6/h7-14H,15H2,1-6H3. The fourth-order valence-electron chi connectivity index (χ4n) is 4.74. The van der Waals surface area contributed by atoms with Crippen LogP contribution in [0.4, 0.5) is 5.69 Å². The molecule has 2 heterocycles. The molecule has 0 bridgehead atoms. The molecule has 0 aromatic heterocycles. The lowest BCUT2D eigenvalue weighted by Crippen LogP contribution is -2.27. The second-order valence-corrected chi connectivity index (χ2v) is 8.03. The van der Waals surface area contributed by atoms with Gasteiger partial charge >= 0.3 is 0 Å². The van der Waals surface area contributed by atoms with Crippen molar-refractivity contribution in [2.24, 2.45) is 0 Å².